The molecule has 0 atom stereocenters. The maximum absolute atomic E-state index is 12.6. The molecule has 1 aromatic carbocycles. The standard InChI is InChI=1S/C10H9FN2O/c1-7-6-10(14)13(12-7)9-4-2-8(11)3-5-9/h2-5H,6H2,1H3. The molecule has 1 aromatic rings. The van der Waals surface area contributed by atoms with E-state index in [4.69, 9.17) is 0 Å². The highest BCUT2D eigenvalue weighted by molar-refractivity contribution is 6.12. The number of nitrogens with zero attached hydrogens (tertiary/aromatic N) is 2. The van der Waals surface area contributed by atoms with Crippen LogP contribution in [0, 0.1) is 5.82 Å². The fourth-order valence-corrected chi connectivity index (χ4v) is 1.34. The Morgan fingerprint density at radius 3 is 2.50 bits per heavy atom. The van der Waals surface area contributed by atoms with Crippen molar-refractivity contribution in [3.63, 3.8) is 0 Å². The van der Waals surface area contributed by atoms with Crippen molar-refractivity contribution in [2.45, 2.75) is 13.3 Å². The number of rotatable bonds is 1. The van der Waals surface area contributed by atoms with Crippen LogP contribution in [0.15, 0.2) is 29.4 Å². The summed E-state index contributed by atoms with van der Waals surface area (Å²) in [6.45, 7) is 1.79. The molecule has 0 aliphatic carbocycles. The Bertz CT molecular complexity index is 397. The van der Waals surface area contributed by atoms with Crippen molar-refractivity contribution in [2.24, 2.45) is 5.10 Å². The Morgan fingerprint density at radius 2 is 2.00 bits per heavy atom. The van der Waals surface area contributed by atoms with E-state index in [0.29, 0.717) is 12.1 Å². The summed E-state index contributed by atoms with van der Waals surface area (Å²) in [6, 6.07) is 5.70. The van der Waals surface area contributed by atoms with E-state index < -0.39 is 0 Å². The number of anilines is 1. The second kappa shape index (κ2) is 3.21. The molecule has 0 saturated heterocycles. The topological polar surface area (TPSA) is 32.7 Å². The normalized spacial score (nSPS) is 16.0. The van der Waals surface area contributed by atoms with E-state index in [0.717, 1.165) is 5.71 Å². The van der Waals surface area contributed by atoms with Gasteiger partial charge in [-0.1, -0.05) is 0 Å². The van der Waals surface area contributed by atoms with Crippen LogP contribution < -0.4 is 5.01 Å². The van der Waals surface area contributed by atoms with Gasteiger partial charge in [0.15, 0.2) is 0 Å². The summed E-state index contributed by atoms with van der Waals surface area (Å²) in [7, 11) is 0. The van der Waals surface area contributed by atoms with Gasteiger partial charge in [0.2, 0.25) is 0 Å². The Hall–Kier alpha value is -1.71. The zero-order chi connectivity index (χ0) is 10.1. The van der Waals surface area contributed by atoms with Crippen LogP contribution in [0.5, 0.6) is 0 Å². The van der Waals surface area contributed by atoms with Gasteiger partial charge in [-0.15, -0.1) is 0 Å². The molecule has 72 valence electrons. The summed E-state index contributed by atoms with van der Waals surface area (Å²) in [5, 5.41) is 5.35. The average molecular weight is 192 g/mol. The summed E-state index contributed by atoms with van der Waals surface area (Å²) in [4.78, 5) is 11.4. The lowest BCUT2D eigenvalue weighted by molar-refractivity contribution is -0.116. The highest BCUT2D eigenvalue weighted by atomic mass is 19.1. The molecule has 0 fully saturated rings. The summed E-state index contributed by atoms with van der Waals surface area (Å²) in [5.74, 6) is -0.393. The number of carbonyl (C=O) groups is 1. The molecule has 1 amide bonds. The van der Waals surface area contributed by atoms with E-state index in [1.807, 2.05) is 0 Å². The number of hydrogen-bond acceptors (Lipinski definition) is 2. The van der Waals surface area contributed by atoms with E-state index in [-0.39, 0.29) is 11.7 Å². The molecule has 0 aromatic heterocycles. The van der Waals surface area contributed by atoms with Crippen LogP contribution in [0.25, 0.3) is 0 Å². The number of carbonyl (C=O) groups excluding carboxylic acids is 1. The van der Waals surface area contributed by atoms with Gasteiger partial charge in [0.25, 0.3) is 5.91 Å². The van der Waals surface area contributed by atoms with Crippen LogP contribution >= 0.6 is 0 Å². The third-order valence-electron chi connectivity index (χ3n) is 1.99. The van der Waals surface area contributed by atoms with E-state index in [1.165, 1.54) is 29.3 Å². The summed E-state index contributed by atoms with van der Waals surface area (Å²) in [6.07, 6.45) is 0.345. The van der Waals surface area contributed by atoms with E-state index >= 15 is 0 Å². The lowest BCUT2D eigenvalue weighted by atomic mass is 10.3. The van der Waals surface area contributed by atoms with Crippen LogP contribution in [0.3, 0.4) is 0 Å². The quantitative estimate of drug-likeness (QED) is 0.669. The average Bonchev–Trinajstić information content (AvgIpc) is 2.47. The van der Waals surface area contributed by atoms with Gasteiger partial charge in [0.05, 0.1) is 12.1 Å². The van der Waals surface area contributed by atoms with Crippen LogP contribution in [-0.2, 0) is 4.79 Å². The van der Waals surface area contributed by atoms with Crippen LogP contribution in [0.1, 0.15) is 13.3 Å². The van der Waals surface area contributed by atoms with Crippen molar-refractivity contribution in [1.29, 1.82) is 0 Å². The molecule has 1 heterocycles. The molecular formula is C10H9FN2O. The maximum Gasteiger partial charge on any atom is 0.253 e. The molecule has 0 saturated carbocycles. The van der Waals surface area contributed by atoms with Crippen molar-refractivity contribution in [3.05, 3.63) is 30.1 Å². The van der Waals surface area contributed by atoms with Crippen molar-refractivity contribution in [1.82, 2.24) is 0 Å². The number of hydrazone groups is 1. The fourth-order valence-electron chi connectivity index (χ4n) is 1.34. The molecule has 4 heteroatoms. The first-order chi connectivity index (χ1) is 6.66. The minimum atomic E-state index is -0.318. The van der Waals surface area contributed by atoms with Crippen molar-refractivity contribution in [3.8, 4) is 0 Å². The SMILES string of the molecule is CC1=NN(c2ccc(F)cc2)C(=O)C1. The zero-order valence-electron chi connectivity index (χ0n) is 7.70. The first-order valence-corrected chi connectivity index (χ1v) is 4.29. The van der Waals surface area contributed by atoms with Gasteiger partial charge in [0.1, 0.15) is 5.82 Å². The number of hydrogen-bond donors (Lipinski definition) is 0. The smallest absolute Gasteiger partial charge is 0.253 e. The first-order valence-electron chi connectivity index (χ1n) is 4.29. The predicted octanol–water partition coefficient (Wildman–Crippen LogP) is 1.94. The van der Waals surface area contributed by atoms with Crippen LogP contribution in [0.4, 0.5) is 10.1 Å². The first kappa shape index (κ1) is 8.87. The van der Waals surface area contributed by atoms with Gasteiger partial charge in [-0.2, -0.15) is 5.10 Å². The van der Waals surface area contributed by atoms with E-state index in [2.05, 4.69) is 5.10 Å². The minimum Gasteiger partial charge on any atom is -0.272 e. The molecule has 1 aliphatic rings. The lowest BCUT2D eigenvalue weighted by Crippen LogP contribution is -2.19. The molecule has 14 heavy (non-hydrogen) atoms. The van der Waals surface area contributed by atoms with Crippen LogP contribution in [0.2, 0.25) is 0 Å². The van der Waals surface area contributed by atoms with Gasteiger partial charge in [-0.05, 0) is 31.2 Å². The predicted molar refractivity (Wildman–Crippen MR) is 51.6 cm³/mol. The van der Waals surface area contributed by atoms with Gasteiger partial charge in [-0.25, -0.2) is 9.40 Å². The van der Waals surface area contributed by atoms with Crippen molar-refractivity contribution >= 4 is 17.3 Å². The van der Waals surface area contributed by atoms with Crippen molar-refractivity contribution < 1.29 is 9.18 Å². The minimum absolute atomic E-state index is 0.0749. The third-order valence-corrected chi connectivity index (χ3v) is 1.99. The fraction of sp³-hybridized carbons (Fsp3) is 0.200. The molecular weight excluding hydrogens is 183 g/mol. The van der Waals surface area contributed by atoms with Crippen LogP contribution in [-0.4, -0.2) is 11.6 Å². The molecule has 0 radical (unpaired) electrons. The zero-order valence-corrected chi connectivity index (χ0v) is 7.70. The second-order valence-corrected chi connectivity index (χ2v) is 3.19. The largest absolute Gasteiger partial charge is 0.272 e. The molecule has 2 rings (SSSR count). The molecule has 0 spiro atoms. The summed E-state index contributed by atoms with van der Waals surface area (Å²) < 4.78 is 12.6. The second-order valence-electron chi connectivity index (χ2n) is 3.19. The Morgan fingerprint density at radius 1 is 1.36 bits per heavy atom. The Balaban J connectivity index is 2.32. The molecule has 3 nitrogen and oxygen atoms in total. The van der Waals surface area contributed by atoms with Gasteiger partial charge in [-0.3, -0.25) is 4.79 Å². The lowest BCUT2D eigenvalue weighted by Gasteiger charge is -2.10. The Kier molecular flexibility index (Phi) is 2.04. The van der Waals surface area contributed by atoms with Gasteiger partial charge in [0, 0.05) is 5.71 Å². The van der Waals surface area contributed by atoms with E-state index in [1.54, 1.807) is 6.92 Å². The highest BCUT2D eigenvalue weighted by Gasteiger charge is 2.22. The number of benzene rings is 1. The van der Waals surface area contributed by atoms with E-state index in [9.17, 15) is 9.18 Å². The molecule has 1 aliphatic heterocycles. The molecule has 0 N–H and O–H groups in total. The highest BCUT2D eigenvalue weighted by Crippen LogP contribution is 2.20. The van der Waals surface area contributed by atoms with Crippen molar-refractivity contribution in [2.75, 3.05) is 5.01 Å². The maximum atomic E-state index is 12.6. The number of halogens is 1. The summed E-state index contributed by atoms with van der Waals surface area (Å²) in [5.41, 5.74) is 1.38. The van der Waals surface area contributed by atoms with Gasteiger partial charge < -0.3 is 0 Å². The Labute approximate surface area is 80.8 Å². The van der Waals surface area contributed by atoms with Gasteiger partial charge >= 0.3 is 0 Å². The molecule has 0 unspecified atom stereocenters. The molecule has 0 bridgehead atoms. The third kappa shape index (κ3) is 1.51. The summed E-state index contributed by atoms with van der Waals surface area (Å²) >= 11 is 0. The monoisotopic (exact) mass is 192 g/mol. The number of amides is 1.